The molecule has 0 spiro atoms. The number of esters is 1. The van der Waals surface area contributed by atoms with Crippen LogP contribution in [-0.4, -0.2) is 46.8 Å². The van der Waals surface area contributed by atoms with Gasteiger partial charge in [-0.3, -0.25) is 0 Å². The Balaban J connectivity index is 2.61. The van der Waals surface area contributed by atoms with Gasteiger partial charge in [0.2, 0.25) is 17.7 Å². The van der Waals surface area contributed by atoms with Crippen molar-refractivity contribution in [3.8, 4) is 17.7 Å². The van der Waals surface area contributed by atoms with Gasteiger partial charge in [-0.2, -0.15) is 9.97 Å². The number of carbonyl (C=O) groups excluding carboxylic acids is 1. The molecule has 2 aromatic rings. The lowest BCUT2D eigenvalue weighted by molar-refractivity contribution is 0.0596. The van der Waals surface area contributed by atoms with Gasteiger partial charge in [-0.25, -0.2) is 14.3 Å². The molecule has 0 aliphatic rings. The molecule has 0 amide bonds. The standard InChI is InChI=1S/C12H15N5O4/c1-6-14-9(11(18)21-4)10(13)17(6)12-15-7(19-2)5-8(16-12)20-3/h5H,13H2,1-4H3. The van der Waals surface area contributed by atoms with Crippen LogP contribution in [0.15, 0.2) is 6.07 Å². The fourth-order valence-electron chi connectivity index (χ4n) is 1.75. The van der Waals surface area contributed by atoms with Gasteiger partial charge in [0.25, 0.3) is 0 Å². The number of anilines is 1. The van der Waals surface area contributed by atoms with Crippen molar-refractivity contribution in [2.45, 2.75) is 6.92 Å². The maximum atomic E-state index is 11.6. The molecule has 0 aliphatic heterocycles. The number of rotatable bonds is 4. The second kappa shape index (κ2) is 5.65. The number of hydrogen-bond donors (Lipinski definition) is 1. The molecule has 9 nitrogen and oxygen atoms in total. The summed E-state index contributed by atoms with van der Waals surface area (Å²) in [5.41, 5.74) is 5.93. The second-order valence-corrected chi connectivity index (χ2v) is 3.97. The van der Waals surface area contributed by atoms with Gasteiger partial charge in [0.1, 0.15) is 11.6 Å². The molecule has 0 unspecified atom stereocenters. The van der Waals surface area contributed by atoms with Crippen molar-refractivity contribution < 1.29 is 19.0 Å². The van der Waals surface area contributed by atoms with Crippen LogP contribution in [0.5, 0.6) is 11.8 Å². The van der Waals surface area contributed by atoms with E-state index in [0.717, 1.165) is 0 Å². The van der Waals surface area contributed by atoms with Gasteiger partial charge in [-0.1, -0.05) is 0 Å². The van der Waals surface area contributed by atoms with E-state index < -0.39 is 5.97 Å². The molecular formula is C12H15N5O4. The molecule has 2 N–H and O–H groups in total. The van der Waals surface area contributed by atoms with Crippen LogP contribution in [0, 0.1) is 6.92 Å². The number of imidazole rings is 1. The summed E-state index contributed by atoms with van der Waals surface area (Å²) in [4.78, 5) is 24.0. The maximum Gasteiger partial charge on any atom is 0.360 e. The Morgan fingerprint density at radius 1 is 1.14 bits per heavy atom. The van der Waals surface area contributed by atoms with E-state index >= 15 is 0 Å². The molecule has 0 radical (unpaired) electrons. The number of nitrogens with two attached hydrogens (primary N) is 1. The number of aryl methyl sites for hydroxylation is 1. The van der Waals surface area contributed by atoms with Gasteiger partial charge in [-0.05, 0) is 6.92 Å². The summed E-state index contributed by atoms with van der Waals surface area (Å²) in [7, 11) is 4.19. The van der Waals surface area contributed by atoms with Crippen LogP contribution in [-0.2, 0) is 4.74 Å². The summed E-state index contributed by atoms with van der Waals surface area (Å²) in [5.74, 6) is 0.652. The van der Waals surface area contributed by atoms with Crippen LogP contribution >= 0.6 is 0 Å². The molecule has 0 aromatic carbocycles. The number of methoxy groups -OCH3 is 3. The molecule has 0 bridgehead atoms. The lowest BCUT2D eigenvalue weighted by Crippen LogP contribution is -2.10. The van der Waals surface area contributed by atoms with Gasteiger partial charge in [0, 0.05) is 0 Å². The minimum atomic E-state index is -0.635. The summed E-state index contributed by atoms with van der Waals surface area (Å²) >= 11 is 0. The molecule has 9 heteroatoms. The number of aromatic nitrogens is 4. The fraction of sp³-hybridized carbons (Fsp3) is 0.333. The topological polar surface area (TPSA) is 114 Å². The quantitative estimate of drug-likeness (QED) is 0.803. The highest BCUT2D eigenvalue weighted by molar-refractivity contribution is 5.92. The SMILES string of the molecule is COC(=O)c1nc(C)n(-c2nc(OC)cc(OC)n2)c1N. The van der Waals surface area contributed by atoms with Gasteiger partial charge >= 0.3 is 5.97 Å². The van der Waals surface area contributed by atoms with Crippen LogP contribution in [0.3, 0.4) is 0 Å². The molecular weight excluding hydrogens is 278 g/mol. The smallest absolute Gasteiger partial charge is 0.360 e. The number of ether oxygens (including phenoxy) is 3. The van der Waals surface area contributed by atoms with Crippen molar-refractivity contribution in [3.63, 3.8) is 0 Å². The summed E-state index contributed by atoms with van der Waals surface area (Å²) in [6, 6.07) is 1.52. The monoisotopic (exact) mass is 293 g/mol. The third-order valence-electron chi connectivity index (χ3n) is 2.75. The number of carbonyl (C=O) groups is 1. The average Bonchev–Trinajstić information content (AvgIpc) is 2.80. The second-order valence-electron chi connectivity index (χ2n) is 3.97. The van der Waals surface area contributed by atoms with E-state index in [2.05, 4.69) is 19.7 Å². The molecule has 0 fully saturated rings. The lowest BCUT2D eigenvalue weighted by Gasteiger charge is -2.09. The Morgan fingerprint density at radius 3 is 2.19 bits per heavy atom. The largest absolute Gasteiger partial charge is 0.481 e. The molecule has 112 valence electrons. The van der Waals surface area contributed by atoms with Gasteiger partial charge in [0.15, 0.2) is 5.69 Å². The van der Waals surface area contributed by atoms with Crippen LogP contribution in [0.2, 0.25) is 0 Å². The third-order valence-corrected chi connectivity index (χ3v) is 2.75. The number of hydrogen-bond acceptors (Lipinski definition) is 8. The normalized spacial score (nSPS) is 10.3. The maximum absolute atomic E-state index is 11.6. The van der Waals surface area contributed by atoms with E-state index in [1.807, 2.05) is 0 Å². The van der Waals surface area contributed by atoms with Crippen molar-refractivity contribution in [1.29, 1.82) is 0 Å². The van der Waals surface area contributed by atoms with Crippen molar-refractivity contribution in [1.82, 2.24) is 19.5 Å². The minimum Gasteiger partial charge on any atom is -0.481 e. The zero-order valence-electron chi connectivity index (χ0n) is 12.1. The highest BCUT2D eigenvalue weighted by Crippen LogP contribution is 2.23. The first-order valence-electron chi connectivity index (χ1n) is 5.92. The average molecular weight is 293 g/mol. The van der Waals surface area contributed by atoms with Gasteiger partial charge in [0.05, 0.1) is 27.4 Å². The van der Waals surface area contributed by atoms with Crippen LogP contribution in [0.1, 0.15) is 16.3 Å². The summed E-state index contributed by atoms with van der Waals surface area (Å²) in [6.07, 6.45) is 0. The molecule has 0 aliphatic carbocycles. The van der Waals surface area contributed by atoms with Crippen molar-refractivity contribution in [2.24, 2.45) is 0 Å². The van der Waals surface area contributed by atoms with E-state index in [-0.39, 0.29) is 17.5 Å². The molecule has 0 atom stereocenters. The van der Waals surface area contributed by atoms with Crippen molar-refractivity contribution in [2.75, 3.05) is 27.1 Å². The summed E-state index contributed by atoms with van der Waals surface area (Å²) in [6.45, 7) is 1.66. The Bertz CT molecular complexity index is 660. The predicted molar refractivity (Wildman–Crippen MR) is 72.7 cm³/mol. The van der Waals surface area contributed by atoms with Crippen molar-refractivity contribution in [3.05, 3.63) is 17.6 Å². The first-order valence-corrected chi connectivity index (χ1v) is 5.92. The summed E-state index contributed by atoms with van der Waals surface area (Å²) < 4.78 is 16.2. The molecule has 0 saturated carbocycles. The molecule has 2 aromatic heterocycles. The van der Waals surface area contributed by atoms with E-state index in [1.165, 1.54) is 32.0 Å². The van der Waals surface area contributed by atoms with E-state index in [1.54, 1.807) is 6.92 Å². The van der Waals surface area contributed by atoms with E-state index in [9.17, 15) is 4.79 Å². The first kappa shape index (κ1) is 14.6. The zero-order chi connectivity index (χ0) is 15.6. The predicted octanol–water partition coefficient (Wildman–Crippen LogP) is 0.357. The van der Waals surface area contributed by atoms with E-state index in [4.69, 9.17) is 15.2 Å². The molecule has 0 saturated heterocycles. The minimum absolute atomic E-state index is 0.000358. The Morgan fingerprint density at radius 2 is 1.71 bits per heavy atom. The summed E-state index contributed by atoms with van der Waals surface area (Å²) in [5, 5.41) is 0. The number of nitrogen functional groups attached to an aromatic ring is 1. The molecule has 21 heavy (non-hydrogen) atoms. The van der Waals surface area contributed by atoms with Crippen LogP contribution in [0.25, 0.3) is 5.95 Å². The molecule has 2 rings (SSSR count). The lowest BCUT2D eigenvalue weighted by atomic mass is 10.4. The fourth-order valence-corrected chi connectivity index (χ4v) is 1.75. The Labute approximate surface area is 120 Å². The Hall–Kier alpha value is -2.84. The van der Waals surface area contributed by atoms with Crippen LogP contribution < -0.4 is 15.2 Å². The third kappa shape index (κ3) is 2.57. The van der Waals surface area contributed by atoms with E-state index in [0.29, 0.717) is 17.6 Å². The Kier molecular flexibility index (Phi) is 3.92. The number of nitrogens with zero attached hydrogens (tertiary/aromatic N) is 4. The molecule has 2 heterocycles. The van der Waals surface area contributed by atoms with Gasteiger partial charge in [-0.15, -0.1) is 0 Å². The van der Waals surface area contributed by atoms with Crippen molar-refractivity contribution >= 4 is 11.8 Å². The highest BCUT2D eigenvalue weighted by Gasteiger charge is 2.22. The van der Waals surface area contributed by atoms with Gasteiger partial charge < -0.3 is 19.9 Å². The first-order chi connectivity index (χ1) is 10.0. The highest BCUT2D eigenvalue weighted by atomic mass is 16.5. The van der Waals surface area contributed by atoms with Crippen LogP contribution in [0.4, 0.5) is 5.82 Å². The zero-order valence-corrected chi connectivity index (χ0v) is 12.1.